The van der Waals surface area contributed by atoms with Crippen LogP contribution in [-0.2, 0) is 0 Å². The van der Waals surface area contributed by atoms with Crippen molar-refractivity contribution in [3.63, 3.8) is 0 Å². The average molecular weight is 480 g/mol. The minimum Gasteiger partial charge on any atom is -0.410 e. The summed E-state index contributed by atoms with van der Waals surface area (Å²) in [5, 5.41) is 9.74. The van der Waals surface area contributed by atoms with E-state index in [9.17, 15) is 4.79 Å². The van der Waals surface area contributed by atoms with Crippen LogP contribution in [0.5, 0.6) is 0 Å². The number of benzene rings is 2. The fraction of sp³-hybridized carbons (Fsp3) is 0.105. The van der Waals surface area contributed by atoms with Gasteiger partial charge in [-0.15, -0.1) is 21.5 Å². The highest BCUT2D eigenvalue weighted by Crippen LogP contribution is 2.42. The maximum absolute atomic E-state index is 12.6. The molecule has 2 heterocycles. The van der Waals surface area contributed by atoms with Crippen molar-refractivity contribution in [1.82, 2.24) is 10.2 Å². The molecule has 4 rings (SSSR count). The van der Waals surface area contributed by atoms with Crippen LogP contribution in [0.3, 0.4) is 0 Å². The molecule has 0 saturated carbocycles. The first kappa shape index (κ1) is 18.7. The molecule has 136 valence electrons. The first-order chi connectivity index (χ1) is 13.0. The van der Waals surface area contributed by atoms with Crippen molar-refractivity contribution in [1.29, 1.82) is 0 Å². The lowest BCUT2D eigenvalue weighted by Crippen LogP contribution is -2.13. The molecule has 2 aromatic heterocycles. The van der Waals surface area contributed by atoms with Crippen LogP contribution < -0.4 is 0 Å². The zero-order valence-corrected chi connectivity index (χ0v) is 18.0. The molecule has 0 aliphatic rings. The van der Waals surface area contributed by atoms with Gasteiger partial charge in [-0.3, -0.25) is 4.79 Å². The number of thioether (sulfide) groups is 1. The summed E-state index contributed by atoms with van der Waals surface area (Å²) in [4.78, 5) is 13.3. The normalized spacial score (nSPS) is 12.4. The third kappa shape index (κ3) is 3.82. The zero-order chi connectivity index (χ0) is 19.0. The van der Waals surface area contributed by atoms with Gasteiger partial charge in [0, 0.05) is 20.1 Å². The van der Waals surface area contributed by atoms with Gasteiger partial charge in [-0.2, -0.15) is 0 Å². The van der Waals surface area contributed by atoms with Crippen molar-refractivity contribution in [2.24, 2.45) is 0 Å². The third-order valence-corrected chi connectivity index (χ3v) is 7.04. The van der Waals surface area contributed by atoms with Crippen molar-refractivity contribution >= 4 is 66.5 Å². The SMILES string of the molecule is C[C@H](Sc1nnc(-c2sc3ccccc3c2Cl)o1)C(=O)c1ccc(Br)cc1. The van der Waals surface area contributed by atoms with Crippen LogP contribution >= 0.6 is 50.6 Å². The number of rotatable bonds is 5. The minimum absolute atomic E-state index is 0.00662. The number of halogens is 2. The average Bonchev–Trinajstić information content (AvgIpc) is 3.26. The summed E-state index contributed by atoms with van der Waals surface area (Å²) in [6.07, 6.45) is 0. The van der Waals surface area contributed by atoms with Gasteiger partial charge in [-0.05, 0) is 25.1 Å². The van der Waals surface area contributed by atoms with Gasteiger partial charge in [0.1, 0.15) is 4.88 Å². The van der Waals surface area contributed by atoms with E-state index in [1.807, 2.05) is 43.3 Å². The number of ketones is 1. The van der Waals surface area contributed by atoms with Crippen LogP contribution in [-0.4, -0.2) is 21.2 Å². The van der Waals surface area contributed by atoms with Gasteiger partial charge in [-0.25, -0.2) is 0 Å². The lowest BCUT2D eigenvalue weighted by atomic mass is 10.1. The van der Waals surface area contributed by atoms with Crippen molar-refractivity contribution in [3.8, 4) is 10.8 Å². The van der Waals surface area contributed by atoms with Crippen molar-refractivity contribution in [2.75, 3.05) is 0 Å². The van der Waals surface area contributed by atoms with Gasteiger partial charge in [-0.1, -0.05) is 69.6 Å². The molecule has 0 spiro atoms. The molecule has 0 bridgehead atoms. The van der Waals surface area contributed by atoms with Gasteiger partial charge in [0.05, 0.1) is 10.3 Å². The van der Waals surface area contributed by atoms with Crippen LogP contribution in [0, 0.1) is 0 Å². The highest BCUT2D eigenvalue weighted by Gasteiger charge is 2.22. The number of carbonyl (C=O) groups is 1. The Morgan fingerprint density at radius 1 is 1.19 bits per heavy atom. The Labute approximate surface area is 177 Å². The fourth-order valence-electron chi connectivity index (χ4n) is 2.55. The zero-order valence-electron chi connectivity index (χ0n) is 14.0. The quantitative estimate of drug-likeness (QED) is 0.234. The van der Waals surface area contributed by atoms with Crippen LogP contribution in [0.4, 0.5) is 0 Å². The van der Waals surface area contributed by atoms with E-state index < -0.39 is 0 Å². The number of thiophene rings is 1. The predicted octanol–water partition coefficient (Wildman–Crippen LogP) is 6.73. The highest BCUT2D eigenvalue weighted by molar-refractivity contribution is 9.10. The van der Waals surface area contributed by atoms with Crippen molar-refractivity contribution < 1.29 is 9.21 Å². The second kappa shape index (κ2) is 7.75. The summed E-state index contributed by atoms with van der Waals surface area (Å²) in [6, 6.07) is 15.1. The molecular formula is C19H12BrClN2O2S2. The van der Waals surface area contributed by atoms with Gasteiger partial charge in [0.25, 0.3) is 11.1 Å². The molecule has 0 fully saturated rings. The Morgan fingerprint density at radius 3 is 2.67 bits per heavy atom. The first-order valence-electron chi connectivity index (χ1n) is 8.00. The molecule has 4 aromatic rings. The number of hydrogen-bond donors (Lipinski definition) is 0. The molecule has 0 saturated heterocycles. The molecule has 8 heteroatoms. The number of carbonyl (C=O) groups excluding carboxylic acids is 1. The minimum atomic E-state index is -0.350. The van der Waals surface area contributed by atoms with E-state index in [0.29, 0.717) is 21.7 Å². The van der Waals surface area contributed by atoms with Crippen LogP contribution in [0.2, 0.25) is 5.02 Å². The smallest absolute Gasteiger partial charge is 0.277 e. The largest absolute Gasteiger partial charge is 0.410 e. The molecule has 0 unspecified atom stereocenters. The first-order valence-corrected chi connectivity index (χ1v) is 10.9. The summed E-state index contributed by atoms with van der Waals surface area (Å²) in [6.45, 7) is 1.82. The van der Waals surface area contributed by atoms with Gasteiger partial charge < -0.3 is 4.42 Å². The Bertz CT molecular complexity index is 1120. The Kier molecular flexibility index (Phi) is 5.36. The van der Waals surface area contributed by atoms with E-state index in [-0.39, 0.29) is 11.0 Å². The van der Waals surface area contributed by atoms with E-state index in [1.54, 1.807) is 12.1 Å². The molecule has 0 aliphatic carbocycles. The van der Waals surface area contributed by atoms with E-state index in [1.165, 1.54) is 23.1 Å². The van der Waals surface area contributed by atoms with Gasteiger partial charge in [0.15, 0.2) is 5.78 Å². The lowest BCUT2D eigenvalue weighted by Gasteiger charge is -2.07. The molecule has 2 aromatic carbocycles. The number of Topliss-reactive ketones (excluding diaryl/α,β-unsaturated/α-hetero) is 1. The maximum atomic E-state index is 12.6. The molecule has 4 nitrogen and oxygen atoms in total. The number of hydrogen-bond acceptors (Lipinski definition) is 6. The summed E-state index contributed by atoms with van der Waals surface area (Å²) in [5.74, 6) is 0.374. The molecule has 0 aliphatic heterocycles. The number of aromatic nitrogens is 2. The molecule has 0 amide bonds. The van der Waals surface area contributed by atoms with Crippen LogP contribution in [0.1, 0.15) is 17.3 Å². The third-order valence-electron chi connectivity index (χ3n) is 3.91. The summed E-state index contributed by atoms with van der Waals surface area (Å²) in [5.41, 5.74) is 0.644. The van der Waals surface area contributed by atoms with E-state index >= 15 is 0 Å². The Balaban J connectivity index is 1.54. The summed E-state index contributed by atoms with van der Waals surface area (Å²) in [7, 11) is 0. The Hall–Kier alpha value is -1.67. The maximum Gasteiger partial charge on any atom is 0.277 e. The summed E-state index contributed by atoms with van der Waals surface area (Å²) >= 11 is 12.6. The van der Waals surface area contributed by atoms with Crippen molar-refractivity contribution in [2.45, 2.75) is 17.4 Å². The fourth-order valence-corrected chi connectivity index (χ4v) is 5.01. The number of nitrogens with zero attached hydrogens (tertiary/aromatic N) is 2. The second-order valence-corrected chi connectivity index (χ2v) is 9.38. The van der Waals surface area contributed by atoms with Crippen LogP contribution in [0.25, 0.3) is 20.9 Å². The Morgan fingerprint density at radius 2 is 1.93 bits per heavy atom. The summed E-state index contributed by atoms with van der Waals surface area (Å²) < 4.78 is 7.75. The van der Waals surface area contributed by atoms with E-state index in [2.05, 4.69) is 26.1 Å². The second-order valence-electron chi connectivity index (χ2n) is 5.75. The highest BCUT2D eigenvalue weighted by atomic mass is 79.9. The topological polar surface area (TPSA) is 56.0 Å². The van der Waals surface area contributed by atoms with E-state index in [0.717, 1.165) is 19.4 Å². The lowest BCUT2D eigenvalue weighted by molar-refractivity contribution is 0.0993. The van der Waals surface area contributed by atoms with E-state index in [4.69, 9.17) is 16.0 Å². The van der Waals surface area contributed by atoms with Crippen molar-refractivity contribution in [3.05, 3.63) is 63.6 Å². The molecule has 27 heavy (non-hydrogen) atoms. The predicted molar refractivity (Wildman–Crippen MR) is 114 cm³/mol. The number of fused-ring (bicyclic) bond motifs is 1. The van der Waals surface area contributed by atoms with Crippen LogP contribution in [0.15, 0.2) is 62.6 Å². The molecule has 1 atom stereocenters. The molecular weight excluding hydrogens is 468 g/mol. The monoisotopic (exact) mass is 478 g/mol. The standard InChI is InChI=1S/C19H12BrClN2O2S2/c1-10(16(24)11-6-8-12(20)9-7-11)26-19-23-22-18(25-19)17-15(21)13-4-2-3-5-14(13)27-17/h2-10H,1H3/t10-/m0/s1. The molecule has 0 N–H and O–H groups in total. The van der Waals surface area contributed by atoms with Gasteiger partial charge in [0.2, 0.25) is 0 Å². The van der Waals surface area contributed by atoms with Gasteiger partial charge >= 0.3 is 0 Å². The molecule has 0 radical (unpaired) electrons.